The van der Waals surface area contributed by atoms with E-state index in [1.807, 2.05) is 25.1 Å². The first-order chi connectivity index (χ1) is 10.7. The Kier molecular flexibility index (Phi) is 4.69. The number of para-hydroxylation sites is 1. The second-order valence-corrected chi connectivity index (χ2v) is 6.10. The average molecular weight is 303 g/mol. The van der Waals surface area contributed by atoms with E-state index in [1.165, 1.54) is 12.8 Å². The van der Waals surface area contributed by atoms with Gasteiger partial charge in [-0.1, -0.05) is 12.1 Å². The predicted octanol–water partition coefficient (Wildman–Crippen LogP) is 3.64. The standard InChI is InChI=1S/C18H25NO3/c1-3-21-16-6-4-5-14-11-17(22-18(14)16)12(2)19-15(9-10-20)13-7-8-13/h4-6,11-13,15,19-20H,3,7-10H2,1-2H3. The fourth-order valence-corrected chi connectivity index (χ4v) is 3.03. The molecule has 1 saturated carbocycles. The van der Waals surface area contributed by atoms with Gasteiger partial charge in [0.2, 0.25) is 0 Å². The van der Waals surface area contributed by atoms with Crippen molar-refractivity contribution in [3.63, 3.8) is 0 Å². The molecule has 120 valence electrons. The van der Waals surface area contributed by atoms with Gasteiger partial charge in [-0.3, -0.25) is 0 Å². The van der Waals surface area contributed by atoms with Crippen molar-refractivity contribution >= 4 is 11.0 Å². The summed E-state index contributed by atoms with van der Waals surface area (Å²) < 4.78 is 11.7. The van der Waals surface area contributed by atoms with Crippen molar-refractivity contribution < 1.29 is 14.3 Å². The summed E-state index contributed by atoms with van der Waals surface area (Å²) in [6.07, 6.45) is 3.33. The number of ether oxygens (including phenoxy) is 1. The third kappa shape index (κ3) is 3.28. The molecule has 0 spiro atoms. The summed E-state index contributed by atoms with van der Waals surface area (Å²) in [5, 5.41) is 13.9. The summed E-state index contributed by atoms with van der Waals surface area (Å²) in [6, 6.07) is 8.56. The van der Waals surface area contributed by atoms with E-state index in [2.05, 4.69) is 18.3 Å². The van der Waals surface area contributed by atoms with Gasteiger partial charge in [-0.05, 0) is 51.2 Å². The maximum Gasteiger partial charge on any atom is 0.176 e. The summed E-state index contributed by atoms with van der Waals surface area (Å²) in [5.41, 5.74) is 0.818. The van der Waals surface area contributed by atoms with E-state index in [9.17, 15) is 5.11 Å². The van der Waals surface area contributed by atoms with Crippen molar-refractivity contribution in [2.45, 2.75) is 45.2 Å². The van der Waals surface area contributed by atoms with E-state index in [4.69, 9.17) is 9.15 Å². The number of aliphatic hydroxyl groups is 1. The minimum atomic E-state index is 0.124. The molecule has 0 amide bonds. The molecule has 2 N–H and O–H groups in total. The number of nitrogens with one attached hydrogen (secondary N) is 1. The highest BCUT2D eigenvalue weighted by Gasteiger charge is 2.32. The van der Waals surface area contributed by atoms with Crippen molar-refractivity contribution in [1.29, 1.82) is 0 Å². The monoisotopic (exact) mass is 303 g/mol. The molecule has 0 radical (unpaired) electrons. The number of hydrogen-bond acceptors (Lipinski definition) is 4. The van der Waals surface area contributed by atoms with Crippen LogP contribution < -0.4 is 10.1 Å². The number of rotatable bonds is 8. The Morgan fingerprint density at radius 1 is 1.41 bits per heavy atom. The molecule has 0 bridgehead atoms. The number of aliphatic hydroxyl groups excluding tert-OH is 1. The molecule has 1 heterocycles. The molecule has 2 atom stereocenters. The van der Waals surface area contributed by atoms with Gasteiger partial charge in [-0.15, -0.1) is 0 Å². The molecule has 1 aliphatic carbocycles. The van der Waals surface area contributed by atoms with Crippen LogP contribution in [0.25, 0.3) is 11.0 Å². The number of furan rings is 1. The number of benzene rings is 1. The maximum absolute atomic E-state index is 9.23. The van der Waals surface area contributed by atoms with Crippen molar-refractivity contribution in [2.24, 2.45) is 5.92 Å². The van der Waals surface area contributed by atoms with Crippen LogP contribution in [0.3, 0.4) is 0 Å². The van der Waals surface area contributed by atoms with E-state index >= 15 is 0 Å². The highest BCUT2D eigenvalue weighted by molar-refractivity contribution is 5.83. The molecule has 0 saturated heterocycles. The lowest BCUT2D eigenvalue weighted by molar-refractivity contribution is 0.246. The number of hydrogen-bond donors (Lipinski definition) is 2. The Balaban J connectivity index is 1.78. The van der Waals surface area contributed by atoms with Gasteiger partial charge < -0.3 is 19.6 Å². The van der Waals surface area contributed by atoms with Crippen LogP contribution in [0.1, 0.15) is 44.9 Å². The van der Waals surface area contributed by atoms with Gasteiger partial charge >= 0.3 is 0 Å². The van der Waals surface area contributed by atoms with Crippen LogP contribution in [0, 0.1) is 5.92 Å². The summed E-state index contributed by atoms with van der Waals surface area (Å²) >= 11 is 0. The summed E-state index contributed by atoms with van der Waals surface area (Å²) in [6.45, 7) is 4.95. The van der Waals surface area contributed by atoms with E-state index in [1.54, 1.807) is 0 Å². The molecule has 2 aromatic rings. The third-order valence-corrected chi connectivity index (χ3v) is 4.35. The fourth-order valence-electron chi connectivity index (χ4n) is 3.03. The van der Waals surface area contributed by atoms with Crippen molar-refractivity contribution in [3.8, 4) is 5.75 Å². The molecular weight excluding hydrogens is 278 g/mol. The zero-order valence-electron chi connectivity index (χ0n) is 13.3. The Morgan fingerprint density at radius 2 is 2.23 bits per heavy atom. The van der Waals surface area contributed by atoms with Gasteiger partial charge in [-0.2, -0.15) is 0 Å². The van der Waals surface area contributed by atoms with E-state index in [-0.39, 0.29) is 12.6 Å². The van der Waals surface area contributed by atoms with Crippen LogP contribution >= 0.6 is 0 Å². The van der Waals surface area contributed by atoms with Crippen LogP contribution in [-0.2, 0) is 0 Å². The van der Waals surface area contributed by atoms with Crippen LogP contribution in [0.4, 0.5) is 0 Å². The highest BCUT2D eigenvalue weighted by atomic mass is 16.5. The van der Waals surface area contributed by atoms with Gasteiger partial charge in [0.15, 0.2) is 11.3 Å². The van der Waals surface area contributed by atoms with Gasteiger partial charge in [0.1, 0.15) is 5.76 Å². The average Bonchev–Trinajstić information content (AvgIpc) is 3.25. The molecule has 4 heteroatoms. The first-order valence-corrected chi connectivity index (χ1v) is 8.25. The molecule has 1 fully saturated rings. The molecule has 22 heavy (non-hydrogen) atoms. The topological polar surface area (TPSA) is 54.6 Å². The Morgan fingerprint density at radius 3 is 2.91 bits per heavy atom. The van der Waals surface area contributed by atoms with Gasteiger partial charge in [0.25, 0.3) is 0 Å². The van der Waals surface area contributed by atoms with Gasteiger partial charge in [0, 0.05) is 18.0 Å². The van der Waals surface area contributed by atoms with Crippen molar-refractivity contribution in [3.05, 3.63) is 30.0 Å². The summed E-state index contributed by atoms with van der Waals surface area (Å²) in [4.78, 5) is 0. The quantitative estimate of drug-likeness (QED) is 0.781. The minimum Gasteiger partial charge on any atom is -0.490 e. The zero-order valence-corrected chi connectivity index (χ0v) is 13.3. The van der Waals surface area contributed by atoms with Crippen molar-refractivity contribution in [1.82, 2.24) is 5.32 Å². The van der Waals surface area contributed by atoms with Crippen LogP contribution in [0.15, 0.2) is 28.7 Å². The lowest BCUT2D eigenvalue weighted by Crippen LogP contribution is -2.34. The largest absolute Gasteiger partial charge is 0.490 e. The Bertz CT molecular complexity index is 618. The first-order valence-electron chi connectivity index (χ1n) is 8.25. The normalized spacial score (nSPS) is 17.6. The maximum atomic E-state index is 9.23. The van der Waals surface area contributed by atoms with E-state index in [0.717, 1.165) is 28.9 Å². The lowest BCUT2D eigenvalue weighted by atomic mass is 10.1. The van der Waals surface area contributed by atoms with Gasteiger partial charge in [0.05, 0.1) is 12.6 Å². The highest BCUT2D eigenvalue weighted by Crippen LogP contribution is 2.36. The van der Waals surface area contributed by atoms with Crippen LogP contribution in [-0.4, -0.2) is 24.4 Å². The molecule has 3 rings (SSSR count). The molecule has 0 aliphatic heterocycles. The van der Waals surface area contributed by atoms with Crippen molar-refractivity contribution in [2.75, 3.05) is 13.2 Å². The number of fused-ring (bicyclic) bond motifs is 1. The van der Waals surface area contributed by atoms with Gasteiger partial charge in [-0.25, -0.2) is 0 Å². The first kappa shape index (κ1) is 15.4. The third-order valence-electron chi connectivity index (χ3n) is 4.35. The Hall–Kier alpha value is -1.52. The van der Waals surface area contributed by atoms with Crippen LogP contribution in [0.5, 0.6) is 5.75 Å². The molecule has 4 nitrogen and oxygen atoms in total. The second kappa shape index (κ2) is 6.71. The molecule has 2 unspecified atom stereocenters. The lowest BCUT2D eigenvalue weighted by Gasteiger charge is -2.21. The van der Waals surface area contributed by atoms with E-state index in [0.29, 0.717) is 18.6 Å². The smallest absolute Gasteiger partial charge is 0.176 e. The molecule has 1 aromatic heterocycles. The SMILES string of the molecule is CCOc1cccc2cc(C(C)NC(CCO)C3CC3)oc12. The summed E-state index contributed by atoms with van der Waals surface area (Å²) in [7, 11) is 0. The van der Waals surface area contributed by atoms with E-state index < -0.39 is 0 Å². The molecular formula is C18H25NO3. The summed E-state index contributed by atoms with van der Waals surface area (Å²) in [5.74, 6) is 2.43. The predicted molar refractivity (Wildman–Crippen MR) is 87.1 cm³/mol. The minimum absolute atomic E-state index is 0.124. The second-order valence-electron chi connectivity index (χ2n) is 6.10. The molecule has 1 aromatic carbocycles. The fraction of sp³-hybridized carbons (Fsp3) is 0.556. The Labute approximate surface area is 131 Å². The molecule has 1 aliphatic rings. The zero-order chi connectivity index (χ0) is 15.5. The van der Waals surface area contributed by atoms with Crippen LogP contribution in [0.2, 0.25) is 0 Å².